The summed E-state index contributed by atoms with van der Waals surface area (Å²) >= 11 is 0. The van der Waals surface area contributed by atoms with Gasteiger partial charge in [0.2, 0.25) is 0 Å². The monoisotopic (exact) mass is 722 g/mol. The van der Waals surface area contributed by atoms with E-state index in [0.29, 0.717) is 30.3 Å². The van der Waals surface area contributed by atoms with E-state index in [2.05, 4.69) is 25.5 Å². The van der Waals surface area contributed by atoms with Crippen molar-refractivity contribution in [1.82, 2.24) is 0 Å². The first kappa shape index (κ1) is 49.4. The molecule has 0 fully saturated rings. The van der Waals surface area contributed by atoms with Gasteiger partial charge < -0.3 is 39.7 Å². The number of esters is 3. The Morgan fingerprint density at radius 2 is 1.06 bits per heavy atom. The van der Waals surface area contributed by atoms with Crippen LogP contribution in [0.25, 0.3) is 0 Å². The number of phenols is 2. The maximum absolute atomic E-state index is 11.9. The quantitative estimate of drug-likeness (QED) is 0.0516. The molecule has 0 saturated heterocycles. The maximum atomic E-state index is 11.9. The summed E-state index contributed by atoms with van der Waals surface area (Å²) in [4.78, 5) is 33.9. The van der Waals surface area contributed by atoms with Gasteiger partial charge in [-0.25, -0.2) is 9.59 Å². The van der Waals surface area contributed by atoms with Crippen LogP contribution in [0.3, 0.4) is 0 Å². The van der Waals surface area contributed by atoms with Gasteiger partial charge in [-0.2, -0.15) is 0 Å². The Hall–Kier alpha value is -3.67. The lowest BCUT2D eigenvalue weighted by Gasteiger charge is -2.18. The highest BCUT2D eigenvalue weighted by Gasteiger charge is 2.22. The Morgan fingerprint density at radius 1 is 0.627 bits per heavy atom. The van der Waals surface area contributed by atoms with Gasteiger partial charge in [0.25, 0.3) is 0 Å². The number of benzene rings is 2. The molecule has 2 aromatic carbocycles. The molecule has 1 unspecified atom stereocenters. The van der Waals surface area contributed by atoms with Crippen molar-refractivity contribution < 1.29 is 54.1 Å². The van der Waals surface area contributed by atoms with Crippen LogP contribution in [0.1, 0.15) is 132 Å². The third-order valence-corrected chi connectivity index (χ3v) is 7.51. The van der Waals surface area contributed by atoms with E-state index < -0.39 is 12.1 Å². The molecule has 11 nitrogen and oxygen atoms in total. The topological polar surface area (TPSA) is 180 Å². The van der Waals surface area contributed by atoms with E-state index in [0.717, 1.165) is 19.3 Å². The zero-order chi connectivity index (χ0) is 38.9. The first-order chi connectivity index (χ1) is 24.4. The number of carbonyl (C=O) groups excluding carboxylic acids is 3. The smallest absolute Gasteiger partial charge is 0.338 e. The highest BCUT2D eigenvalue weighted by molar-refractivity contribution is 5.89. The average Bonchev–Trinajstić information content (AvgIpc) is 3.13. The van der Waals surface area contributed by atoms with Crippen molar-refractivity contribution in [3.05, 3.63) is 59.7 Å². The number of unbranched alkanes of at least 4 members (excludes halogenated alkanes) is 9. The Labute approximate surface area is 306 Å². The van der Waals surface area contributed by atoms with E-state index in [1.54, 1.807) is 0 Å². The van der Waals surface area contributed by atoms with Crippen LogP contribution in [0.4, 0.5) is 0 Å². The second kappa shape index (κ2) is 33.5. The minimum atomic E-state index is -0.954. The minimum Gasteiger partial charge on any atom is -0.508 e. The molecule has 5 N–H and O–H groups in total. The number of aromatic hydroxyl groups is 2. The van der Waals surface area contributed by atoms with Crippen molar-refractivity contribution in [2.75, 3.05) is 33.5 Å². The van der Waals surface area contributed by atoms with Gasteiger partial charge in [0.1, 0.15) is 17.6 Å². The van der Waals surface area contributed by atoms with E-state index in [-0.39, 0.29) is 42.6 Å². The lowest BCUT2D eigenvalue weighted by molar-refractivity contribution is -0.149. The molecule has 51 heavy (non-hydrogen) atoms. The third kappa shape index (κ3) is 27.7. The molecule has 2 aromatic rings. The van der Waals surface area contributed by atoms with Gasteiger partial charge >= 0.3 is 17.9 Å². The number of ether oxygens (including phenoxy) is 3. The summed E-state index contributed by atoms with van der Waals surface area (Å²) in [7, 11) is 1.31. The Bertz CT molecular complexity index is 1110. The summed E-state index contributed by atoms with van der Waals surface area (Å²) in [6, 6.07) is 11.9. The largest absolute Gasteiger partial charge is 0.508 e. The molecule has 0 amide bonds. The van der Waals surface area contributed by atoms with Crippen LogP contribution >= 0.6 is 0 Å². The molecule has 0 aliphatic carbocycles. The van der Waals surface area contributed by atoms with Gasteiger partial charge in [-0.05, 0) is 74.2 Å². The Balaban J connectivity index is 0. The zero-order valence-corrected chi connectivity index (χ0v) is 31.9. The number of aliphatic hydroxyl groups is 3. The fourth-order valence-electron chi connectivity index (χ4n) is 4.47. The molecular formula is C40H66O11. The van der Waals surface area contributed by atoms with Crippen LogP contribution < -0.4 is 0 Å². The summed E-state index contributed by atoms with van der Waals surface area (Å²) in [6.07, 6.45) is 14.3. The number of phenolic OH excluding ortho intramolecular Hbond substituents is 2. The molecule has 2 rings (SSSR count). The average molecular weight is 723 g/mol. The van der Waals surface area contributed by atoms with E-state index in [9.17, 15) is 14.4 Å². The number of hydrogen-bond acceptors (Lipinski definition) is 11. The number of rotatable bonds is 20. The van der Waals surface area contributed by atoms with Crippen molar-refractivity contribution in [2.24, 2.45) is 11.8 Å². The molecule has 0 spiro atoms. The van der Waals surface area contributed by atoms with E-state index in [1.165, 1.54) is 113 Å². The van der Waals surface area contributed by atoms with Crippen molar-refractivity contribution in [3.8, 4) is 11.5 Å². The van der Waals surface area contributed by atoms with E-state index >= 15 is 0 Å². The Morgan fingerprint density at radius 3 is 1.41 bits per heavy atom. The molecule has 292 valence electrons. The van der Waals surface area contributed by atoms with Gasteiger partial charge in [-0.3, -0.25) is 4.79 Å². The first-order valence-corrected chi connectivity index (χ1v) is 18.3. The van der Waals surface area contributed by atoms with Crippen LogP contribution in [-0.4, -0.2) is 83.1 Å². The summed E-state index contributed by atoms with van der Waals surface area (Å²) in [5.41, 5.74) is 0.900. The number of carbonyl (C=O) groups is 3. The molecule has 0 aliphatic heterocycles. The van der Waals surface area contributed by atoms with Crippen molar-refractivity contribution in [3.63, 3.8) is 0 Å². The molecule has 0 aromatic heterocycles. The molecule has 1 atom stereocenters. The summed E-state index contributed by atoms with van der Waals surface area (Å²) in [5.74, 6) is 0.0292. The van der Waals surface area contributed by atoms with Gasteiger partial charge in [0.05, 0.1) is 50.6 Å². The molecule has 0 aliphatic rings. The van der Waals surface area contributed by atoms with E-state index in [1.807, 2.05) is 13.8 Å². The zero-order valence-electron chi connectivity index (χ0n) is 31.9. The fourth-order valence-corrected chi connectivity index (χ4v) is 4.47. The summed E-state index contributed by atoms with van der Waals surface area (Å²) in [6.45, 7) is 10.5. The summed E-state index contributed by atoms with van der Waals surface area (Å²) in [5, 5.41) is 41.8. The fraction of sp³-hybridized carbons (Fsp3) is 0.625. The van der Waals surface area contributed by atoms with Crippen LogP contribution in [-0.2, 0) is 19.0 Å². The highest BCUT2D eigenvalue weighted by atomic mass is 16.5. The van der Waals surface area contributed by atoms with Gasteiger partial charge in [0, 0.05) is 0 Å². The second-order valence-electron chi connectivity index (χ2n) is 12.3. The maximum Gasteiger partial charge on any atom is 0.338 e. The SMILES string of the molecule is CCCCCCCCCCCCC(C(=O)OCC)C(C)C.CCCOC(=O)c1ccc(O)cc1.COC(=O)c1ccc(O)cc1.OCC(O)CO. The summed E-state index contributed by atoms with van der Waals surface area (Å²) < 4.78 is 14.5. The Kier molecular flexibility index (Phi) is 32.4. The number of methoxy groups -OCH3 is 1. The molecule has 0 saturated carbocycles. The highest BCUT2D eigenvalue weighted by Crippen LogP contribution is 2.21. The molecule has 0 bridgehead atoms. The normalized spacial score (nSPS) is 10.8. The minimum absolute atomic E-state index is 0.00317. The predicted octanol–water partition coefficient (Wildman–Crippen LogP) is 7.60. The molecule has 11 heteroatoms. The van der Waals surface area contributed by atoms with Crippen LogP contribution in [0.2, 0.25) is 0 Å². The van der Waals surface area contributed by atoms with Crippen molar-refractivity contribution in [2.45, 2.75) is 118 Å². The van der Waals surface area contributed by atoms with Crippen molar-refractivity contribution in [1.29, 1.82) is 0 Å². The van der Waals surface area contributed by atoms with Crippen LogP contribution in [0.15, 0.2) is 48.5 Å². The lowest BCUT2D eigenvalue weighted by Crippen LogP contribution is -2.22. The number of hydrogen-bond donors (Lipinski definition) is 5. The number of aliphatic hydroxyl groups excluding tert-OH is 3. The van der Waals surface area contributed by atoms with Crippen molar-refractivity contribution >= 4 is 17.9 Å². The molecular weight excluding hydrogens is 656 g/mol. The van der Waals surface area contributed by atoms with Gasteiger partial charge in [-0.1, -0.05) is 91.9 Å². The lowest BCUT2D eigenvalue weighted by atomic mass is 9.90. The van der Waals surface area contributed by atoms with Gasteiger partial charge in [-0.15, -0.1) is 0 Å². The van der Waals surface area contributed by atoms with Gasteiger partial charge in [0.15, 0.2) is 0 Å². The predicted molar refractivity (Wildman–Crippen MR) is 200 cm³/mol. The molecule has 0 radical (unpaired) electrons. The standard InChI is InChI=1S/C19H38O2.C10H12O3.C8H8O3.C3H8O3/c1-5-7-8-9-10-11-12-13-14-15-16-18(17(3)4)19(20)21-6-2;1-2-7-13-10(12)8-3-5-9(11)6-4-8;1-11-8(10)6-2-4-7(9)5-3-6;4-1-3(6)2-5/h17-18H,5-16H2,1-4H3;3-6,11H,2,7H2,1H3;2-5,9H,1H3;3-6H,1-2H2. The van der Waals surface area contributed by atoms with Crippen LogP contribution in [0, 0.1) is 11.8 Å². The second-order valence-corrected chi connectivity index (χ2v) is 12.3. The first-order valence-electron chi connectivity index (χ1n) is 18.3. The third-order valence-electron chi connectivity index (χ3n) is 7.51. The molecule has 0 heterocycles. The van der Waals surface area contributed by atoms with Crippen LogP contribution in [0.5, 0.6) is 11.5 Å². The van der Waals surface area contributed by atoms with E-state index in [4.69, 9.17) is 35.0 Å².